The van der Waals surface area contributed by atoms with Gasteiger partial charge in [0.2, 0.25) is 5.95 Å². The lowest BCUT2D eigenvalue weighted by Crippen LogP contribution is -1.99. The van der Waals surface area contributed by atoms with Crippen LogP contribution in [0.3, 0.4) is 0 Å². The zero-order chi connectivity index (χ0) is 15.4. The molecule has 0 saturated heterocycles. The predicted octanol–water partition coefficient (Wildman–Crippen LogP) is 3.49. The highest BCUT2D eigenvalue weighted by Gasteiger charge is 2.06. The van der Waals surface area contributed by atoms with Crippen LogP contribution in [-0.2, 0) is 0 Å². The molecule has 2 aromatic heterocycles. The Balaban J connectivity index is 1.77. The van der Waals surface area contributed by atoms with Gasteiger partial charge in [-0.1, -0.05) is 11.8 Å². The molecule has 3 aromatic rings. The van der Waals surface area contributed by atoms with Gasteiger partial charge in [-0.05, 0) is 36.4 Å². The van der Waals surface area contributed by atoms with Crippen molar-refractivity contribution in [2.24, 2.45) is 0 Å². The number of hydrogen-bond donors (Lipinski definition) is 2. The smallest absolute Gasteiger partial charge is 0.221 e. The van der Waals surface area contributed by atoms with E-state index >= 15 is 0 Å². The molecule has 2 heterocycles. The second-order valence-electron chi connectivity index (χ2n) is 4.36. The number of benzene rings is 1. The van der Waals surface area contributed by atoms with Gasteiger partial charge in [0.25, 0.3) is 0 Å². The number of nitrogens with one attached hydrogen (secondary N) is 1. The van der Waals surface area contributed by atoms with Crippen molar-refractivity contribution in [1.29, 1.82) is 0 Å². The maximum absolute atomic E-state index is 14.2. The lowest BCUT2D eigenvalue weighted by molar-refractivity contribution is 0.602. The molecule has 7 heteroatoms. The molecule has 0 saturated carbocycles. The number of anilines is 3. The van der Waals surface area contributed by atoms with Crippen molar-refractivity contribution in [3.05, 3.63) is 60.8 Å². The molecule has 0 fully saturated rings. The number of nitrogens with zero attached hydrogens (tertiary/aromatic N) is 3. The number of aromatic nitrogens is 3. The van der Waals surface area contributed by atoms with Gasteiger partial charge in [-0.15, -0.1) is 0 Å². The van der Waals surface area contributed by atoms with E-state index in [2.05, 4.69) is 20.3 Å². The van der Waals surface area contributed by atoms with E-state index in [9.17, 15) is 4.39 Å². The van der Waals surface area contributed by atoms with Crippen molar-refractivity contribution in [1.82, 2.24) is 15.0 Å². The number of nitrogens with two attached hydrogens (primary N) is 1. The van der Waals surface area contributed by atoms with Gasteiger partial charge in [-0.25, -0.2) is 9.37 Å². The van der Waals surface area contributed by atoms with Crippen molar-refractivity contribution >= 4 is 29.2 Å². The average molecular weight is 313 g/mol. The van der Waals surface area contributed by atoms with Gasteiger partial charge in [-0.3, -0.25) is 4.98 Å². The van der Waals surface area contributed by atoms with E-state index in [1.165, 1.54) is 24.0 Å². The van der Waals surface area contributed by atoms with Gasteiger partial charge < -0.3 is 11.1 Å². The van der Waals surface area contributed by atoms with Gasteiger partial charge in [0, 0.05) is 34.1 Å². The third-order valence-corrected chi connectivity index (χ3v) is 3.81. The maximum Gasteiger partial charge on any atom is 0.221 e. The van der Waals surface area contributed by atoms with Gasteiger partial charge >= 0.3 is 0 Å². The topological polar surface area (TPSA) is 76.7 Å². The fourth-order valence-corrected chi connectivity index (χ4v) is 2.59. The third-order valence-electron chi connectivity index (χ3n) is 2.76. The number of hydrogen-bond acceptors (Lipinski definition) is 6. The minimum absolute atomic E-state index is 0.162. The van der Waals surface area contributed by atoms with Crippen molar-refractivity contribution in [3.8, 4) is 0 Å². The second-order valence-corrected chi connectivity index (χ2v) is 5.47. The fourth-order valence-electron chi connectivity index (χ4n) is 1.79. The van der Waals surface area contributed by atoms with Crippen LogP contribution in [0.25, 0.3) is 0 Å². The first-order valence-electron chi connectivity index (χ1n) is 6.44. The molecular weight excluding hydrogens is 301 g/mol. The summed E-state index contributed by atoms with van der Waals surface area (Å²) in [7, 11) is 0. The first-order chi connectivity index (χ1) is 10.7. The van der Waals surface area contributed by atoms with Gasteiger partial charge in [0.15, 0.2) is 0 Å². The van der Waals surface area contributed by atoms with Crippen LogP contribution in [-0.4, -0.2) is 15.0 Å². The minimum Gasteiger partial charge on any atom is -0.368 e. The van der Waals surface area contributed by atoms with E-state index in [1.54, 1.807) is 30.6 Å². The van der Waals surface area contributed by atoms with Crippen LogP contribution in [0.15, 0.2) is 64.8 Å². The fraction of sp³-hybridized carbons (Fsp3) is 0. The summed E-state index contributed by atoms with van der Waals surface area (Å²) in [5.74, 6) is 0.366. The van der Waals surface area contributed by atoms with Gasteiger partial charge in [0.05, 0.1) is 0 Å². The van der Waals surface area contributed by atoms with E-state index in [1.807, 2.05) is 12.1 Å². The normalized spacial score (nSPS) is 10.4. The monoisotopic (exact) mass is 313 g/mol. The molecule has 0 aliphatic heterocycles. The first-order valence-corrected chi connectivity index (χ1v) is 7.25. The van der Waals surface area contributed by atoms with Crippen LogP contribution in [0.2, 0.25) is 0 Å². The van der Waals surface area contributed by atoms with Crippen LogP contribution in [0, 0.1) is 5.82 Å². The van der Waals surface area contributed by atoms with E-state index in [0.717, 1.165) is 4.90 Å². The molecule has 1 aromatic carbocycles. The summed E-state index contributed by atoms with van der Waals surface area (Å²) in [6.45, 7) is 0. The summed E-state index contributed by atoms with van der Waals surface area (Å²) in [4.78, 5) is 13.2. The Morgan fingerprint density at radius 2 is 1.86 bits per heavy atom. The first kappa shape index (κ1) is 14.3. The highest BCUT2D eigenvalue weighted by atomic mass is 32.2. The van der Waals surface area contributed by atoms with E-state index in [0.29, 0.717) is 16.4 Å². The van der Waals surface area contributed by atoms with Crippen LogP contribution >= 0.6 is 11.8 Å². The maximum atomic E-state index is 14.2. The Kier molecular flexibility index (Phi) is 4.15. The third kappa shape index (κ3) is 3.50. The number of rotatable bonds is 4. The quantitative estimate of drug-likeness (QED) is 0.768. The largest absolute Gasteiger partial charge is 0.368 e. The molecular formula is C15H12FN5S. The summed E-state index contributed by atoms with van der Waals surface area (Å²) in [6, 6.07) is 10.2. The minimum atomic E-state index is -0.311. The lowest BCUT2D eigenvalue weighted by Gasteiger charge is -2.08. The Morgan fingerprint density at radius 1 is 1.05 bits per heavy atom. The molecule has 0 unspecified atom stereocenters. The molecule has 3 N–H and O–H groups in total. The summed E-state index contributed by atoms with van der Waals surface area (Å²) in [5.41, 5.74) is 6.10. The molecule has 0 atom stereocenters. The van der Waals surface area contributed by atoms with Crippen LogP contribution in [0.5, 0.6) is 0 Å². The standard InChI is InChI=1S/C15H12FN5S/c16-12-9-10(20-14-5-8-19-15(17)21-14)1-2-13(12)22-11-3-6-18-7-4-11/h1-9H,(H3,17,19,20,21). The molecule has 0 bridgehead atoms. The molecule has 22 heavy (non-hydrogen) atoms. The molecule has 110 valence electrons. The Morgan fingerprint density at radius 3 is 2.59 bits per heavy atom. The molecule has 3 rings (SSSR count). The molecule has 5 nitrogen and oxygen atoms in total. The summed E-state index contributed by atoms with van der Waals surface area (Å²) in [6.07, 6.45) is 4.89. The van der Waals surface area contributed by atoms with E-state index in [4.69, 9.17) is 5.73 Å². The molecule has 0 aliphatic rings. The SMILES string of the molecule is Nc1nccc(Nc2ccc(Sc3ccncc3)c(F)c2)n1. The Bertz CT molecular complexity index is 782. The van der Waals surface area contributed by atoms with Gasteiger partial charge in [0.1, 0.15) is 11.6 Å². The highest BCUT2D eigenvalue weighted by molar-refractivity contribution is 7.99. The predicted molar refractivity (Wildman–Crippen MR) is 84.5 cm³/mol. The lowest BCUT2D eigenvalue weighted by atomic mass is 10.3. The summed E-state index contributed by atoms with van der Waals surface area (Å²) in [5, 5.41) is 2.99. The molecule has 0 amide bonds. The Hall–Kier alpha value is -2.67. The summed E-state index contributed by atoms with van der Waals surface area (Å²) < 4.78 is 14.2. The van der Waals surface area contributed by atoms with Crippen molar-refractivity contribution in [2.75, 3.05) is 11.1 Å². The zero-order valence-corrected chi connectivity index (χ0v) is 12.2. The van der Waals surface area contributed by atoms with Gasteiger partial charge in [-0.2, -0.15) is 4.98 Å². The van der Waals surface area contributed by atoms with Crippen LogP contribution in [0.1, 0.15) is 0 Å². The zero-order valence-electron chi connectivity index (χ0n) is 11.4. The Labute approximate surface area is 130 Å². The average Bonchev–Trinajstić information content (AvgIpc) is 2.51. The second kappa shape index (κ2) is 6.40. The van der Waals surface area contributed by atoms with Crippen LogP contribution < -0.4 is 11.1 Å². The van der Waals surface area contributed by atoms with Crippen molar-refractivity contribution < 1.29 is 4.39 Å². The molecule has 0 spiro atoms. The highest BCUT2D eigenvalue weighted by Crippen LogP contribution is 2.31. The summed E-state index contributed by atoms with van der Waals surface area (Å²) >= 11 is 1.34. The molecule has 0 aliphatic carbocycles. The molecule has 0 radical (unpaired) electrons. The number of pyridine rings is 1. The van der Waals surface area contributed by atoms with Crippen molar-refractivity contribution in [2.45, 2.75) is 9.79 Å². The van der Waals surface area contributed by atoms with Crippen LogP contribution in [0.4, 0.5) is 21.8 Å². The van der Waals surface area contributed by atoms with Crippen molar-refractivity contribution in [3.63, 3.8) is 0 Å². The van der Waals surface area contributed by atoms with E-state index < -0.39 is 0 Å². The van der Waals surface area contributed by atoms with E-state index in [-0.39, 0.29) is 11.8 Å². The number of halogens is 1. The number of nitrogen functional groups attached to an aromatic ring is 1.